The van der Waals surface area contributed by atoms with Crippen LogP contribution in [0.2, 0.25) is 0 Å². The third kappa shape index (κ3) is 4.78. The number of hydrogen-bond acceptors (Lipinski definition) is 3. The fourth-order valence-electron chi connectivity index (χ4n) is 2.81. The molecule has 1 fully saturated rings. The minimum atomic E-state index is -3.41. The number of nitrogens with zero attached hydrogens (tertiary/aromatic N) is 1. The van der Waals surface area contributed by atoms with Gasteiger partial charge in [-0.2, -0.15) is 4.31 Å². The summed E-state index contributed by atoms with van der Waals surface area (Å²) in [6.07, 6.45) is 2.91. The van der Waals surface area contributed by atoms with Gasteiger partial charge in [0, 0.05) is 26.1 Å². The quantitative estimate of drug-likeness (QED) is 0.865. The van der Waals surface area contributed by atoms with Gasteiger partial charge in [0.1, 0.15) is 0 Å². The van der Waals surface area contributed by atoms with Crippen molar-refractivity contribution in [3.8, 4) is 0 Å². The zero-order valence-electron chi connectivity index (χ0n) is 13.9. The van der Waals surface area contributed by atoms with Crippen LogP contribution in [0.4, 0.5) is 0 Å². The molecule has 0 saturated carbocycles. The second-order valence-corrected chi connectivity index (χ2v) is 8.15. The molecular formula is C17H26N2O3S. The molecule has 1 heterocycles. The Morgan fingerprint density at radius 1 is 1.22 bits per heavy atom. The summed E-state index contributed by atoms with van der Waals surface area (Å²) in [4.78, 5) is 12.1. The van der Waals surface area contributed by atoms with Crippen LogP contribution in [0.1, 0.15) is 38.2 Å². The Morgan fingerprint density at radius 3 is 2.39 bits per heavy atom. The zero-order valence-corrected chi connectivity index (χ0v) is 14.7. The summed E-state index contributed by atoms with van der Waals surface area (Å²) in [5, 5.41) is 2.88. The summed E-state index contributed by atoms with van der Waals surface area (Å²) in [6.45, 7) is 5.64. The van der Waals surface area contributed by atoms with Crippen molar-refractivity contribution in [2.45, 2.75) is 44.4 Å². The van der Waals surface area contributed by atoms with Gasteiger partial charge in [-0.15, -0.1) is 0 Å². The van der Waals surface area contributed by atoms with Crippen LogP contribution >= 0.6 is 0 Å². The van der Waals surface area contributed by atoms with E-state index in [0.29, 0.717) is 31.0 Å². The molecule has 6 heteroatoms. The number of sulfonamides is 1. The first-order valence-corrected chi connectivity index (χ1v) is 9.71. The molecule has 128 valence electrons. The average Bonchev–Trinajstić information content (AvgIpc) is 2.54. The number of piperidine rings is 1. The Kier molecular flexibility index (Phi) is 6.18. The van der Waals surface area contributed by atoms with Crippen LogP contribution < -0.4 is 5.32 Å². The highest BCUT2D eigenvalue weighted by molar-refractivity contribution is 7.89. The molecule has 1 N–H and O–H groups in total. The van der Waals surface area contributed by atoms with Gasteiger partial charge in [-0.1, -0.05) is 24.6 Å². The number of nitrogens with one attached hydrogen (secondary N) is 1. The van der Waals surface area contributed by atoms with Gasteiger partial charge >= 0.3 is 0 Å². The highest BCUT2D eigenvalue weighted by Crippen LogP contribution is 2.25. The predicted molar refractivity (Wildman–Crippen MR) is 90.6 cm³/mol. The molecule has 0 unspecified atom stereocenters. The van der Waals surface area contributed by atoms with E-state index >= 15 is 0 Å². The van der Waals surface area contributed by atoms with Crippen LogP contribution in [0.3, 0.4) is 0 Å². The molecule has 1 aliphatic rings. The van der Waals surface area contributed by atoms with Crippen molar-refractivity contribution in [3.63, 3.8) is 0 Å². The highest BCUT2D eigenvalue weighted by atomic mass is 32.2. The standard InChI is InChI=1S/C17H26N2O3S/c1-3-10-18-17(20)13-15-8-11-19(12-9-15)23(21,22)16-6-4-14(2)5-7-16/h4-7,15H,3,8-13H2,1-2H3,(H,18,20). The van der Waals surface area contributed by atoms with Crippen LogP contribution in [-0.2, 0) is 14.8 Å². The van der Waals surface area contributed by atoms with Crippen molar-refractivity contribution in [2.24, 2.45) is 5.92 Å². The molecule has 5 nitrogen and oxygen atoms in total. The number of carbonyl (C=O) groups is 1. The molecule has 2 rings (SSSR count). The predicted octanol–water partition coefficient (Wildman–Crippen LogP) is 2.31. The summed E-state index contributed by atoms with van der Waals surface area (Å²) in [7, 11) is -3.41. The van der Waals surface area contributed by atoms with Crippen molar-refractivity contribution in [3.05, 3.63) is 29.8 Å². The third-order valence-electron chi connectivity index (χ3n) is 4.28. The van der Waals surface area contributed by atoms with E-state index in [9.17, 15) is 13.2 Å². The van der Waals surface area contributed by atoms with Crippen LogP contribution in [0.15, 0.2) is 29.2 Å². The molecule has 0 spiro atoms. The minimum absolute atomic E-state index is 0.0756. The second-order valence-electron chi connectivity index (χ2n) is 6.21. The summed E-state index contributed by atoms with van der Waals surface area (Å²) in [5.41, 5.74) is 1.04. The normalized spacial score (nSPS) is 17.1. The Labute approximate surface area is 139 Å². The Bertz CT molecular complexity index is 618. The second kappa shape index (κ2) is 7.93. The topological polar surface area (TPSA) is 66.5 Å². The summed E-state index contributed by atoms with van der Waals surface area (Å²) < 4.78 is 26.8. The van der Waals surface area contributed by atoms with Gasteiger partial charge in [0.15, 0.2) is 0 Å². The number of rotatable bonds is 6. The minimum Gasteiger partial charge on any atom is -0.356 e. The summed E-state index contributed by atoms with van der Waals surface area (Å²) in [6, 6.07) is 6.96. The number of amides is 1. The fraction of sp³-hybridized carbons (Fsp3) is 0.588. The van der Waals surface area contributed by atoms with Gasteiger partial charge in [-0.3, -0.25) is 4.79 Å². The van der Waals surface area contributed by atoms with Crippen molar-refractivity contribution in [2.75, 3.05) is 19.6 Å². The van der Waals surface area contributed by atoms with E-state index < -0.39 is 10.0 Å². The third-order valence-corrected chi connectivity index (χ3v) is 6.19. The first-order chi connectivity index (χ1) is 10.9. The lowest BCUT2D eigenvalue weighted by molar-refractivity contribution is -0.122. The SMILES string of the molecule is CCCNC(=O)CC1CCN(S(=O)(=O)c2ccc(C)cc2)CC1. The van der Waals surface area contributed by atoms with Gasteiger partial charge in [0.2, 0.25) is 15.9 Å². The Hall–Kier alpha value is -1.40. The molecule has 1 aliphatic heterocycles. The van der Waals surface area contributed by atoms with Crippen LogP contribution in [0, 0.1) is 12.8 Å². The monoisotopic (exact) mass is 338 g/mol. The van der Waals surface area contributed by atoms with E-state index in [4.69, 9.17) is 0 Å². The van der Waals surface area contributed by atoms with Crippen molar-refractivity contribution in [1.82, 2.24) is 9.62 Å². The molecule has 1 aromatic rings. The molecule has 1 saturated heterocycles. The van der Waals surface area contributed by atoms with Gasteiger partial charge in [-0.05, 0) is 44.2 Å². The summed E-state index contributed by atoms with van der Waals surface area (Å²) >= 11 is 0. The van der Waals surface area contributed by atoms with Gasteiger partial charge < -0.3 is 5.32 Å². The van der Waals surface area contributed by atoms with Crippen LogP contribution in [0.25, 0.3) is 0 Å². The number of carbonyl (C=O) groups excluding carboxylic acids is 1. The van der Waals surface area contributed by atoms with E-state index in [2.05, 4.69) is 5.32 Å². The summed E-state index contributed by atoms with van der Waals surface area (Å²) in [5.74, 6) is 0.350. The average molecular weight is 338 g/mol. The lowest BCUT2D eigenvalue weighted by Gasteiger charge is -2.31. The van der Waals surface area contributed by atoms with Crippen LogP contribution in [-0.4, -0.2) is 38.3 Å². The molecule has 0 aromatic heterocycles. The maximum Gasteiger partial charge on any atom is 0.243 e. The molecule has 23 heavy (non-hydrogen) atoms. The number of aryl methyl sites for hydroxylation is 1. The van der Waals surface area contributed by atoms with E-state index in [1.165, 1.54) is 4.31 Å². The lowest BCUT2D eigenvalue weighted by Crippen LogP contribution is -2.39. The molecule has 0 bridgehead atoms. The Morgan fingerprint density at radius 2 is 1.83 bits per heavy atom. The Balaban J connectivity index is 1.91. The molecule has 0 atom stereocenters. The van der Waals surface area contributed by atoms with Crippen molar-refractivity contribution in [1.29, 1.82) is 0 Å². The molecule has 0 aliphatic carbocycles. The lowest BCUT2D eigenvalue weighted by atomic mass is 9.94. The largest absolute Gasteiger partial charge is 0.356 e. The van der Waals surface area contributed by atoms with Gasteiger partial charge in [0.25, 0.3) is 0 Å². The smallest absolute Gasteiger partial charge is 0.243 e. The first kappa shape index (κ1) is 17.9. The zero-order chi connectivity index (χ0) is 16.9. The first-order valence-electron chi connectivity index (χ1n) is 8.27. The highest BCUT2D eigenvalue weighted by Gasteiger charge is 2.29. The fourth-order valence-corrected chi connectivity index (χ4v) is 4.28. The molecular weight excluding hydrogens is 312 g/mol. The van der Waals surface area contributed by atoms with Crippen LogP contribution in [0.5, 0.6) is 0 Å². The maximum atomic E-state index is 12.6. The van der Waals surface area contributed by atoms with E-state index in [1.54, 1.807) is 12.1 Å². The molecule has 0 radical (unpaired) electrons. The molecule has 1 aromatic carbocycles. The van der Waals surface area contributed by atoms with E-state index in [-0.39, 0.29) is 11.8 Å². The maximum absolute atomic E-state index is 12.6. The van der Waals surface area contributed by atoms with Crippen molar-refractivity contribution >= 4 is 15.9 Å². The molecule has 1 amide bonds. The number of benzene rings is 1. The van der Waals surface area contributed by atoms with Crippen molar-refractivity contribution < 1.29 is 13.2 Å². The van der Waals surface area contributed by atoms with Gasteiger partial charge in [0.05, 0.1) is 4.90 Å². The number of hydrogen-bond donors (Lipinski definition) is 1. The van der Waals surface area contributed by atoms with Gasteiger partial charge in [-0.25, -0.2) is 8.42 Å². The van der Waals surface area contributed by atoms with E-state index in [0.717, 1.165) is 24.8 Å². The van der Waals surface area contributed by atoms with E-state index in [1.807, 2.05) is 26.0 Å².